The molecule has 4 rings (SSSR count). The second-order valence-corrected chi connectivity index (χ2v) is 6.65. The summed E-state index contributed by atoms with van der Waals surface area (Å²) in [5, 5.41) is 2.88. The molecule has 0 radical (unpaired) electrons. The number of aromatic nitrogens is 1. The van der Waals surface area contributed by atoms with Crippen molar-refractivity contribution >= 4 is 22.7 Å². The highest BCUT2D eigenvalue weighted by molar-refractivity contribution is 5.90. The lowest BCUT2D eigenvalue weighted by Crippen LogP contribution is -2.12. The molecule has 1 amide bonds. The summed E-state index contributed by atoms with van der Waals surface area (Å²) in [6.07, 6.45) is 0.733. The lowest BCUT2D eigenvalue weighted by molar-refractivity contribution is -0.116. The van der Waals surface area contributed by atoms with Crippen molar-refractivity contribution in [3.63, 3.8) is 0 Å². The zero-order valence-electron chi connectivity index (χ0n) is 16.6. The number of rotatable bonds is 8. The molecule has 0 aliphatic heterocycles. The fourth-order valence-corrected chi connectivity index (χ4v) is 2.98. The van der Waals surface area contributed by atoms with Crippen molar-refractivity contribution in [3.05, 3.63) is 78.7 Å². The lowest BCUT2D eigenvalue weighted by Gasteiger charge is -2.09. The number of aryl methyl sites for hydroxylation is 1. The Labute approximate surface area is 174 Å². The average Bonchev–Trinajstić information content (AvgIpc) is 3.18. The van der Waals surface area contributed by atoms with Crippen LogP contribution >= 0.6 is 0 Å². The number of amides is 1. The van der Waals surface area contributed by atoms with E-state index in [1.807, 2.05) is 67.6 Å². The minimum absolute atomic E-state index is 0.0996. The first-order valence-electron chi connectivity index (χ1n) is 9.84. The first-order valence-corrected chi connectivity index (χ1v) is 9.84. The highest BCUT2D eigenvalue weighted by atomic mass is 16.5. The van der Waals surface area contributed by atoms with Crippen LogP contribution < -0.4 is 14.8 Å². The molecule has 1 aromatic heterocycles. The lowest BCUT2D eigenvalue weighted by atomic mass is 10.2. The van der Waals surface area contributed by atoms with Gasteiger partial charge in [-0.2, -0.15) is 0 Å². The maximum Gasteiger partial charge on any atom is 0.224 e. The molecule has 0 bridgehead atoms. The molecular formula is C24H22N2O4. The van der Waals surface area contributed by atoms with E-state index in [-0.39, 0.29) is 12.3 Å². The van der Waals surface area contributed by atoms with E-state index in [9.17, 15) is 4.79 Å². The topological polar surface area (TPSA) is 73.6 Å². The van der Waals surface area contributed by atoms with Crippen molar-refractivity contribution in [2.75, 3.05) is 11.9 Å². The van der Waals surface area contributed by atoms with E-state index in [1.54, 1.807) is 12.1 Å². The Balaban J connectivity index is 1.28. The number of carbonyl (C=O) groups excluding carboxylic acids is 1. The summed E-state index contributed by atoms with van der Waals surface area (Å²) in [7, 11) is 0. The smallest absolute Gasteiger partial charge is 0.224 e. The quantitative estimate of drug-likeness (QED) is 0.416. The van der Waals surface area contributed by atoms with Crippen molar-refractivity contribution in [1.82, 2.24) is 4.98 Å². The fourth-order valence-electron chi connectivity index (χ4n) is 2.98. The minimum atomic E-state index is -0.0996. The minimum Gasteiger partial charge on any atom is -0.494 e. The summed E-state index contributed by atoms with van der Waals surface area (Å²) >= 11 is 0. The molecule has 4 aromatic rings. The summed E-state index contributed by atoms with van der Waals surface area (Å²) in [4.78, 5) is 16.6. The molecule has 0 fully saturated rings. The van der Waals surface area contributed by atoms with Crippen molar-refractivity contribution in [2.24, 2.45) is 0 Å². The molecule has 0 aliphatic carbocycles. The maximum atomic E-state index is 12.2. The molecule has 30 heavy (non-hydrogen) atoms. The van der Waals surface area contributed by atoms with Gasteiger partial charge < -0.3 is 19.2 Å². The molecule has 6 heteroatoms. The zero-order chi connectivity index (χ0) is 20.8. The largest absolute Gasteiger partial charge is 0.494 e. The van der Waals surface area contributed by atoms with Crippen LogP contribution in [0.4, 0.5) is 5.69 Å². The van der Waals surface area contributed by atoms with Gasteiger partial charge >= 0.3 is 0 Å². The van der Waals surface area contributed by atoms with Gasteiger partial charge in [0.05, 0.1) is 6.61 Å². The van der Waals surface area contributed by atoms with Crippen LogP contribution in [-0.4, -0.2) is 17.5 Å². The van der Waals surface area contributed by atoms with Crippen LogP contribution in [0.5, 0.6) is 17.2 Å². The third kappa shape index (κ3) is 4.97. The SMILES string of the molecule is CCOc1ccc(Oc2ccc(NC(=O)CCc3nc4ccccc4o3)cc2)cc1. The maximum absolute atomic E-state index is 12.2. The number of anilines is 1. The normalized spacial score (nSPS) is 10.7. The zero-order valence-corrected chi connectivity index (χ0v) is 16.6. The van der Waals surface area contributed by atoms with Gasteiger partial charge in [0.25, 0.3) is 0 Å². The van der Waals surface area contributed by atoms with Gasteiger partial charge in [-0.3, -0.25) is 4.79 Å². The Bertz CT molecular complexity index is 1090. The molecule has 0 spiro atoms. The number of hydrogen-bond acceptors (Lipinski definition) is 5. The highest BCUT2D eigenvalue weighted by Crippen LogP contribution is 2.25. The number of ether oxygens (including phenoxy) is 2. The van der Waals surface area contributed by atoms with E-state index in [0.29, 0.717) is 36.1 Å². The van der Waals surface area contributed by atoms with Gasteiger partial charge in [0.1, 0.15) is 22.8 Å². The highest BCUT2D eigenvalue weighted by Gasteiger charge is 2.09. The first-order chi connectivity index (χ1) is 14.7. The van der Waals surface area contributed by atoms with Gasteiger partial charge in [0.2, 0.25) is 5.91 Å². The van der Waals surface area contributed by atoms with Crippen molar-refractivity contribution in [1.29, 1.82) is 0 Å². The van der Waals surface area contributed by atoms with E-state index in [4.69, 9.17) is 13.9 Å². The molecule has 152 valence electrons. The van der Waals surface area contributed by atoms with E-state index >= 15 is 0 Å². The van der Waals surface area contributed by atoms with Gasteiger partial charge in [0.15, 0.2) is 11.5 Å². The monoisotopic (exact) mass is 402 g/mol. The van der Waals surface area contributed by atoms with Crippen LogP contribution in [0.15, 0.2) is 77.2 Å². The van der Waals surface area contributed by atoms with Crippen LogP contribution in [0.2, 0.25) is 0 Å². The third-order valence-corrected chi connectivity index (χ3v) is 4.41. The van der Waals surface area contributed by atoms with Gasteiger partial charge in [-0.15, -0.1) is 0 Å². The van der Waals surface area contributed by atoms with Crippen LogP contribution in [0.3, 0.4) is 0 Å². The predicted molar refractivity (Wildman–Crippen MR) is 115 cm³/mol. The van der Waals surface area contributed by atoms with Crippen molar-refractivity contribution in [3.8, 4) is 17.2 Å². The summed E-state index contributed by atoms with van der Waals surface area (Å²) in [5.41, 5.74) is 2.24. The Morgan fingerprint density at radius 1 is 0.933 bits per heavy atom. The van der Waals surface area contributed by atoms with Crippen molar-refractivity contribution < 1.29 is 18.7 Å². The second-order valence-electron chi connectivity index (χ2n) is 6.65. The standard InChI is InChI=1S/C24H22N2O4/c1-2-28-18-11-13-20(14-12-18)29-19-9-7-17(8-10-19)25-23(27)15-16-24-26-21-5-3-4-6-22(21)30-24/h3-14H,2,15-16H2,1H3,(H,25,27). The summed E-state index contributed by atoms with van der Waals surface area (Å²) in [5.74, 6) is 2.67. The molecular weight excluding hydrogens is 380 g/mol. The molecule has 1 N–H and O–H groups in total. The predicted octanol–water partition coefficient (Wildman–Crippen LogP) is 5.59. The van der Waals surface area contributed by atoms with Crippen LogP contribution in [-0.2, 0) is 11.2 Å². The Morgan fingerprint density at radius 3 is 2.30 bits per heavy atom. The molecule has 0 aliphatic rings. The van der Waals surface area contributed by atoms with Gasteiger partial charge in [-0.25, -0.2) is 4.98 Å². The number of oxazole rings is 1. The molecule has 0 saturated carbocycles. The Kier molecular flexibility index (Phi) is 5.94. The van der Waals surface area contributed by atoms with Crippen LogP contribution in [0.25, 0.3) is 11.1 Å². The third-order valence-electron chi connectivity index (χ3n) is 4.41. The van der Waals surface area contributed by atoms with E-state index < -0.39 is 0 Å². The van der Waals surface area contributed by atoms with Crippen molar-refractivity contribution in [2.45, 2.75) is 19.8 Å². The van der Waals surface area contributed by atoms with Gasteiger partial charge in [0, 0.05) is 18.5 Å². The fraction of sp³-hybridized carbons (Fsp3) is 0.167. The number of nitrogens with zero attached hydrogens (tertiary/aromatic N) is 1. The second kappa shape index (κ2) is 9.13. The molecule has 6 nitrogen and oxygen atoms in total. The van der Waals surface area contributed by atoms with E-state index in [2.05, 4.69) is 10.3 Å². The molecule has 3 aromatic carbocycles. The molecule has 0 saturated heterocycles. The molecule has 0 atom stereocenters. The van der Waals surface area contributed by atoms with E-state index in [1.165, 1.54) is 0 Å². The van der Waals surface area contributed by atoms with Crippen LogP contribution in [0.1, 0.15) is 19.2 Å². The summed E-state index contributed by atoms with van der Waals surface area (Å²) in [6, 6.07) is 22.2. The number of benzene rings is 3. The first kappa shape index (κ1) is 19.5. The van der Waals surface area contributed by atoms with Gasteiger partial charge in [-0.1, -0.05) is 12.1 Å². The average molecular weight is 402 g/mol. The number of nitrogens with one attached hydrogen (secondary N) is 1. The summed E-state index contributed by atoms with van der Waals surface area (Å²) < 4.78 is 16.9. The van der Waals surface area contributed by atoms with Crippen LogP contribution in [0, 0.1) is 0 Å². The number of para-hydroxylation sites is 2. The molecule has 1 heterocycles. The Morgan fingerprint density at radius 2 is 1.60 bits per heavy atom. The Hall–Kier alpha value is -3.80. The summed E-state index contributed by atoms with van der Waals surface area (Å²) in [6.45, 7) is 2.57. The number of carbonyl (C=O) groups is 1. The molecule has 0 unspecified atom stereocenters. The number of hydrogen-bond donors (Lipinski definition) is 1. The van der Waals surface area contributed by atoms with E-state index in [0.717, 1.165) is 16.8 Å². The number of fused-ring (bicyclic) bond motifs is 1. The van der Waals surface area contributed by atoms with Gasteiger partial charge in [-0.05, 0) is 67.6 Å².